The molecule has 4 rings (SSSR count). The number of benzene rings is 2. The monoisotopic (exact) mass is 478 g/mol. The maximum absolute atomic E-state index is 13.8. The van der Waals surface area contributed by atoms with Gasteiger partial charge in [-0.25, -0.2) is 0 Å². The summed E-state index contributed by atoms with van der Waals surface area (Å²) < 4.78 is 11.9. The zero-order valence-corrected chi connectivity index (χ0v) is 21.1. The highest BCUT2D eigenvalue weighted by Gasteiger charge is 2.43. The number of amides is 2. The second kappa shape index (κ2) is 11.6. The van der Waals surface area contributed by atoms with E-state index in [0.29, 0.717) is 45.6 Å². The second-order valence-corrected chi connectivity index (χ2v) is 9.76. The Morgan fingerprint density at radius 1 is 1.00 bits per heavy atom. The van der Waals surface area contributed by atoms with E-state index in [4.69, 9.17) is 9.47 Å². The molecule has 1 saturated heterocycles. The Morgan fingerprint density at radius 2 is 1.74 bits per heavy atom. The Morgan fingerprint density at radius 3 is 2.51 bits per heavy atom. The van der Waals surface area contributed by atoms with Crippen molar-refractivity contribution >= 4 is 11.8 Å². The van der Waals surface area contributed by atoms with Gasteiger partial charge in [0.2, 0.25) is 5.91 Å². The molecule has 1 fully saturated rings. The van der Waals surface area contributed by atoms with Gasteiger partial charge in [0.25, 0.3) is 5.91 Å². The van der Waals surface area contributed by atoms with Gasteiger partial charge in [-0.05, 0) is 69.2 Å². The molecular formula is C29H38N2O4. The van der Waals surface area contributed by atoms with Crippen molar-refractivity contribution in [1.29, 1.82) is 0 Å². The van der Waals surface area contributed by atoms with E-state index >= 15 is 0 Å². The summed E-state index contributed by atoms with van der Waals surface area (Å²) in [5, 5.41) is 0. The zero-order valence-electron chi connectivity index (χ0n) is 21.1. The molecule has 0 N–H and O–H groups in total. The Bertz CT molecular complexity index is 1010. The maximum atomic E-state index is 13.8. The lowest BCUT2D eigenvalue weighted by atomic mass is 9.73. The number of carbonyl (C=O) groups is 2. The minimum atomic E-state index is -0.400. The molecule has 0 unspecified atom stereocenters. The van der Waals surface area contributed by atoms with Crippen molar-refractivity contribution in [3.63, 3.8) is 0 Å². The summed E-state index contributed by atoms with van der Waals surface area (Å²) in [4.78, 5) is 30.5. The van der Waals surface area contributed by atoms with Crippen molar-refractivity contribution < 1.29 is 19.1 Å². The van der Waals surface area contributed by atoms with Crippen molar-refractivity contribution in [1.82, 2.24) is 9.80 Å². The Labute approximate surface area is 209 Å². The van der Waals surface area contributed by atoms with Gasteiger partial charge >= 0.3 is 0 Å². The zero-order chi connectivity index (χ0) is 24.7. The molecule has 2 aliphatic rings. The van der Waals surface area contributed by atoms with Crippen LogP contribution in [0.2, 0.25) is 0 Å². The van der Waals surface area contributed by atoms with Crippen LogP contribution in [0, 0.1) is 12.3 Å². The Balaban J connectivity index is 1.40. The number of hydrogen-bond donors (Lipinski definition) is 0. The first kappa shape index (κ1) is 25.1. The van der Waals surface area contributed by atoms with E-state index in [2.05, 4.69) is 12.1 Å². The number of fused-ring (bicyclic) bond motifs is 1. The van der Waals surface area contributed by atoms with Crippen molar-refractivity contribution in [2.45, 2.75) is 52.4 Å². The van der Waals surface area contributed by atoms with E-state index in [-0.39, 0.29) is 18.4 Å². The van der Waals surface area contributed by atoms with Gasteiger partial charge in [0.1, 0.15) is 18.1 Å². The molecule has 2 heterocycles. The number of para-hydroxylation sites is 2. The third-order valence-electron chi connectivity index (χ3n) is 7.58. The summed E-state index contributed by atoms with van der Waals surface area (Å²) in [5.41, 5.74) is 1.86. The van der Waals surface area contributed by atoms with Gasteiger partial charge in [0, 0.05) is 19.6 Å². The van der Waals surface area contributed by atoms with Crippen molar-refractivity contribution in [3.8, 4) is 11.5 Å². The molecule has 35 heavy (non-hydrogen) atoms. The van der Waals surface area contributed by atoms with Gasteiger partial charge in [-0.15, -0.1) is 0 Å². The van der Waals surface area contributed by atoms with Gasteiger partial charge in [0.15, 0.2) is 6.61 Å². The quantitative estimate of drug-likeness (QED) is 0.643. The number of likely N-dealkylation sites (N-methyl/N-ethyl adjacent to an activating group) is 1. The van der Waals surface area contributed by atoms with E-state index in [1.807, 2.05) is 60.0 Å². The predicted molar refractivity (Wildman–Crippen MR) is 137 cm³/mol. The third-order valence-corrected chi connectivity index (χ3v) is 7.58. The highest BCUT2D eigenvalue weighted by Crippen LogP contribution is 2.39. The first-order chi connectivity index (χ1) is 17.0. The molecule has 0 aromatic heterocycles. The molecule has 6 heteroatoms. The van der Waals surface area contributed by atoms with Crippen LogP contribution in [-0.4, -0.2) is 61.0 Å². The van der Waals surface area contributed by atoms with Crippen LogP contribution >= 0.6 is 0 Å². The fraction of sp³-hybridized carbons (Fsp3) is 0.517. The third kappa shape index (κ3) is 5.98. The molecule has 1 spiro atoms. The first-order valence-corrected chi connectivity index (χ1v) is 13.0. The lowest BCUT2D eigenvalue weighted by molar-refractivity contribution is -0.149. The molecule has 2 aromatic carbocycles. The largest absolute Gasteiger partial charge is 0.491 e. The standard InChI is InChI=1S/C29H38N2O4/c1-3-30-20-21-34-26-14-7-5-11-24(26)12-8-9-15-29(28(30)33)16-18-31(19-17-29)27(32)22-35-25-13-6-4-10-23(25)2/h4-7,10-11,13-14H,3,8-9,12,15-22H2,1-2H3. The SMILES string of the molecule is CCN1CCOc2ccccc2CCCCC2(CCN(C(=O)COc3ccccc3C)CC2)C1=O. The average Bonchev–Trinajstić information content (AvgIpc) is 2.88. The predicted octanol–water partition coefficient (Wildman–Crippen LogP) is 4.64. The minimum Gasteiger partial charge on any atom is -0.491 e. The van der Waals surface area contributed by atoms with Crippen LogP contribution in [0.5, 0.6) is 11.5 Å². The number of rotatable bonds is 4. The van der Waals surface area contributed by atoms with E-state index in [1.54, 1.807) is 0 Å². The number of nitrogens with zero attached hydrogens (tertiary/aromatic N) is 2. The van der Waals surface area contributed by atoms with Gasteiger partial charge < -0.3 is 19.3 Å². The topological polar surface area (TPSA) is 59.1 Å². The van der Waals surface area contributed by atoms with Crippen LogP contribution < -0.4 is 9.47 Å². The Hall–Kier alpha value is -3.02. The van der Waals surface area contributed by atoms with Crippen LogP contribution in [0.4, 0.5) is 0 Å². The number of hydrogen-bond acceptors (Lipinski definition) is 4. The van der Waals surface area contributed by atoms with E-state index in [0.717, 1.165) is 42.7 Å². The molecule has 0 aliphatic carbocycles. The number of ether oxygens (including phenoxy) is 2. The second-order valence-electron chi connectivity index (χ2n) is 9.76. The molecule has 0 atom stereocenters. The molecule has 2 aromatic rings. The lowest BCUT2D eigenvalue weighted by Gasteiger charge is -2.43. The van der Waals surface area contributed by atoms with Gasteiger partial charge in [0.05, 0.1) is 12.0 Å². The number of likely N-dealkylation sites (tertiary alicyclic amines) is 1. The number of carbonyl (C=O) groups excluding carboxylic acids is 2. The van der Waals surface area contributed by atoms with E-state index in [1.165, 1.54) is 5.56 Å². The summed E-state index contributed by atoms with van der Waals surface area (Å²) in [6, 6.07) is 16.0. The molecular weight excluding hydrogens is 440 g/mol. The fourth-order valence-corrected chi connectivity index (χ4v) is 5.34. The normalized spacial score (nSPS) is 18.7. The average molecular weight is 479 g/mol. The number of aryl methyl sites for hydroxylation is 2. The van der Waals surface area contributed by atoms with Crippen molar-refractivity contribution in [2.75, 3.05) is 39.4 Å². The molecule has 2 aliphatic heterocycles. The van der Waals surface area contributed by atoms with Crippen molar-refractivity contribution in [2.24, 2.45) is 5.41 Å². The summed E-state index contributed by atoms with van der Waals surface area (Å²) in [5.74, 6) is 1.89. The fourth-order valence-electron chi connectivity index (χ4n) is 5.34. The van der Waals surface area contributed by atoms with Crippen LogP contribution in [-0.2, 0) is 16.0 Å². The van der Waals surface area contributed by atoms with Gasteiger partial charge in [-0.1, -0.05) is 42.8 Å². The van der Waals surface area contributed by atoms with E-state index < -0.39 is 5.41 Å². The number of piperidine rings is 1. The summed E-state index contributed by atoms with van der Waals surface area (Å²) in [7, 11) is 0. The van der Waals surface area contributed by atoms with Gasteiger partial charge in [-0.3, -0.25) is 9.59 Å². The van der Waals surface area contributed by atoms with Crippen LogP contribution in [0.1, 0.15) is 50.2 Å². The smallest absolute Gasteiger partial charge is 0.260 e. The summed E-state index contributed by atoms with van der Waals surface area (Å²) in [6.07, 6.45) is 5.24. The highest BCUT2D eigenvalue weighted by molar-refractivity contribution is 5.84. The maximum Gasteiger partial charge on any atom is 0.260 e. The van der Waals surface area contributed by atoms with Crippen LogP contribution in [0.3, 0.4) is 0 Å². The molecule has 0 bridgehead atoms. The molecule has 188 valence electrons. The minimum absolute atomic E-state index is 0.0129. The van der Waals surface area contributed by atoms with Crippen LogP contribution in [0.15, 0.2) is 48.5 Å². The molecule has 0 saturated carbocycles. The summed E-state index contributed by atoms with van der Waals surface area (Å²) in [6.45, 7) is 6.97. The summed E-state index contributed by atoms with van der Waals surface area (Å²) >= 11 is 0. The first-order valence-electron chi connectivity index (χ1n) is 13.0. The van der Waals surface area contributed by atoms with Crippen LogP contribution in [0.25, 0.3) is 0 Å². The van der Waals surface area contributed by atoms with Gasteiger partial charge in [-0.2, -0.15) is 0 Å². The van der Waals surface area contributed by atoms with Crippen molar-refractivity contribution in [3.05, 3.63) is 59.7 Å². The highest BCUT2D eigenvalue weighted by atomic mass is 16.5. The van der Waals surface area contributed by atoms with E-state index in [9.17, 15) is 9.59 Å². The Kier molecular flexibility index (Phi) is 8.32. The lowest BCUT2D eigenvalue weighted by Crippen LogP contribution is -2.52. The molecule has 6 nitrogen and oxygen atoms in total. The molecule has 0 radical (unpaired) electrons. The molecule has 2 amide bonds.